The highest BCUT2D eigenvalue weighted by molar-refractivity contribution is 7.91. The molecule has 10 heteroatoms. The minimum absolute atomic E-state index is 0.141. The van der Waals surface area contributed by atoms with E-state index in [2.05, 4.69) is 15.5 Å². The van der Waals surface area contributed by atoms with Gasteiger partial charge < -0.3 is 11.1 Å². The summed E-state index contributed by atoms with van der Waals surface area (Å²) >= 11 is 0.824. The normalized spacial score (nSPS) is 11.8. The van der Waals surface area contributed by atoms with E-state index >= 15 is 0 Å². The van der Waals surface area contributed by atoms with Crippen LogP contribution in [0.25, 0.3) is 0 Å². The molecule has 19 heavy (non-hydrogen) atoms. The van der Waals surface area contributed by atoms with Crippen LogP contribution >= 0.6 is 11.3 Å². The number of hydrogen-bond acceptors (Lipinski definition) is 7. The molecular weight excluding hydrogens is 290 g/mol. The molecule has 108 valence electrons. The van der Waals surface area contributed by atoms with Gasteiger partial charge in [0.05, 0.1) is 0 Å². The first-order valence-corrected chi connectivity index (χ1v) is 7.98. The predicted molar refractivity (Wildman–Crippen MR) is 72.3 cm³/mol. The van der Waals surface area contributed by atoms with E-state index in [9.17, 15) is 13.2 Å². The van der Waals surface area contributed by atoms with E-state index in [-0.39, 0.29) is 28.5 Å². The Morgan fingerprint density at radius 2 is 2.11 bits per heavy atom. The molecule has 0 unspecified atom stereocenters. The fourth-order valence-electron chi connectivity index (χ4n) is 1.37. The highest BCUT2D eigenvalue weighted by atomic mass is 32.2. The number of rotatable bonds is 7. The van der Waals surface area contributed by atoms with Crippen molar-refractivity contribution in [3.8, 4) is 0 Å². The van der Waals surface area contributed by atoms with Crippen LogP contribution in [0.3, 0.4) is 0 Å². The van der Waals surface area contributed by atoms with E-state index in [1.807, 2.05) is 6.92 Å². The van der Waals surface area contributed by atoms with Crippen LogP contribution < -0.4 is 11.1 Å². The van der Waals surface area contributed by atoms with Gasteiger partial charge in [-0.2, -0.15) is 4.31 Å². The van der Waals surface area contributed by atoms with Crippen LogP contribution in [0.1, 0.15) is 20.3 Å². The van der Waals surface area contributed by atoms with Gasteiger partial charge in [-0.3, -0.25) is 4.79 Å². The van der Waals surface area contributed by atoms with Crippen molar-refractivity contribution in [1.29, 1.82) is 0 Å². The second-order valence-corrected chi connectivity index (χ2v) is 6.84. The summed E-state index contributed by atoms with van der Waals surface area (Å²) in [6.45, 7) is 4.02. The Morgan fingerprint density at radius 3 is 2.63 bits per heavy atom. The third-order valence-corrected chi connectivity index (χ3v) is 5.18. The summed E-state index contributed by atoms with van der Waals surface area (Å²) in [4.78, 5) is 10.9. The number of amides is 1. The predicted octanol–water partition coefficient (Wildman–Crippen LogP) is -0.144. The van der Waals surface area contributed by atoms with Crippen LogP contribution in [0.15, 0.2) is 4.34 Å². The lowest BCUT2D eigenvalue weighted by Gasteiger charge is -2.18. The Bertz CT molecular complexity index is 522. The lowest BCUT2D eigenvalue weighted by molar-refractivity contribution is -0.114. The molecule has 0 radical (unpaired) electrons. The van der Waals surface area contributed by atoms with Crippen LogP contribution in [0, 0.1) is 0 Å². The van der Waals surface area contributed by atoms with Crippen LogP contribution in [0.2, 0.25) is 0 Å². The van der Waals surface area contributed by atoms with E-state index in [1.54, 1.807) is 0 Å². The molecule has 0 fully saturated rings. The molecule has 0 bridgehead atoms. The van der Waals surface area contributed by atoms with Crippen molar-refractivity contribution in [3.63, 3.8) is 0 Å². The van der Waals surface area contributed by atoms with Gasteiger partial charge in [-0.15, -0.1) is 10.2 Å². The van der Waals surface area contributed by atoms with Crippen molar-refractivity contribution in [2.24, 2.45) is 5.73 Å². The van der Waals surface area contributed by atoms with Crippen molar-refractivity contribution in [2.75, 3.05) is 25.0 Å². The first kappa shape index (κ1) is 16.0. The quantitative estimate of drug-likeness (QED) is 0.677. The smallest absolute Gasteiger partial charge is 0.272 e. The Labute approximate surface area is 116 Å². The molecule has 0 saturated carbocycles. The van der Waals surface area contributed by atoms with Gasteiger partial charge in [0.1, 0.15) is 0 Å². The second kappa shape index (κ2) is 6.89. The number of nitrogens with one attached hydrogen (secondary N) is 1. The van der Waals surface area contributed by atoms with Crippen LogP contribution in [-0.2, 0) is 14.8 Å². The Kier molecular flexibility index (Phi) is 5.79. The molecule has 0 atom stereocenters. The van der Waals surface area contributed by atoms with Crippen molar-refractivity contribution < 1.29 is 13.2 Å². The molecule has 0 saturated heterocycles. The summed E-state index contributed by atoms with van der Waals surface area (Å²) in [5.74, 6) is -0.326. The third-order valence-electron chi connectivity index (χ3n) is 2.10. The molecule has 8 nitrogen and oxygen atoms in total. The molecule has 3 N–H and O–H groups in total. The Hall–Kier alpha value is -1.10. The number of carbonyl (C=O) groups excluding carboxylic acids is 1. The first-order chi connectivity index (χ1) is 8.91. The summed E-state index contributed by atoms with van der Waals surface area (Å²) < 4.78 is 25.7. The SMILES string of the molecule is CCCN(CCN)S(=O)(=O)c1nnc(NC(C)=O)s1. The highest BCUT2D eigenvalue weighted by Crippen LogP contribution is 2.23. The lowest BCUT2D eigenvalue weighted by atomic mass is 10.5. The maximum Gasteiger partial charge on any atom is 0.272 e. The van der Waals surface area contributed by atoms with Gasteiger partial charge in [0, 0.05) is 26.6 Å². The Morgan fingerprint density at radius 1 is 1.42 bits per heavy atom. The number of nitrogens with two attached hydrogens (primary N) is 1. The zero-order chi connectivity index (χ0) is 14.5. The number of hydrogen-bond donors (Lipinski definition) is 2. The summed E-state index contributed by atoms with van der Waals surface area (Å²) in [5.41, 5.74) is 5.41. The van der Waals surface area contributed by atoms with E-state index in [4.69, 9.17) is 5.73 Å². The van der Waals surface area contributed by atoms with Gasteiger partial charge >= 0.3 is 0 Å². The van der Waals surface area contributed by atoms with E-state index < -0.39 is 10.0 Å². The summed E-state index contributed by atoms with van der Waals surface area (Å²) in [7, 11) is -3.69. The number of nitrogens with zero attached hydrogens (tertiary/aromatic N) is 3. The number of anilines is 1. The molecule has 1 rings (SSSR count). The van der Waals surface area contributed by atoms with E-state index in [0.717, 1.165) is 11.3 Å². The van der Waals surface area contributed by atoms with Gasteiger partial charge in [-0.05, 0) is 6.42 Å². The molecule has 0 aliphatic rings. The Balaban J connectivity index is 2.97. The van der Waals surface area contributed by atoms with Gasteiger partial charge in [-0.25, -0.2) is 8.42 Å². The fourth-order valence-corrected chi connectivity index (χ4v) is 4.00. The van der Waals surface area contributed by atoms with Crippen molar-refractivity contribution in [1.82, 2.24) is 14.5 Å². The van der Waals surface area contributed by atoms with Crippen molar-refractivity contribution >= 4 is 32.4 Å². The minimum atomic E-state index is -3.69. The maximum atomic E-state index is 12.3. The summed E-state index contributed by atoms with van der Waals surface area (Å²) in [5, 5.41) is 9.80. The zero-order valence-electron chi connectivity index (χ0n) is 10.8. The first-order valence-electron chi connectivity index (χ1n) is 5.73. The zero-order valence-corrected chi connectivity index (χ0v) is 12.4. The number of aromatic nitrogens is 2. The lowest BCUT2D eigenvalue weighted by Crippen LogP contribution is -2.35. The van der Waals surface area contributed by atoms with Gasteiger partial charge in [0.2, 0.25) is 15.4 Å². The van der Waals surface area contributed by atoms with Crippen LogP contribution in [0.5, 0.6) is 0 Å². The third kappa shape index (κ3) is 4.20. The largest absolute Gasteiger partial charge is 0.329 e. The number of carbonyl (C=O) groups is 1. The summed E-state index contributed by atoms with van der Waals surface area (Å²) in [6.07, 6.45) is 0.677. The standard InChI is InChI=1S/C9H17N5O3S2/c1-3-5-14(6-4-10)19(16,17)9-13-12-8(18-9)11-7(2)15/h3-6,10H2,1-2H3,(H,11,12,15). The summed E-state index contributed by atoms with van der Waals surface area (Å²) in [6, 6.07) is 0. The van der Waals surface area contributed by atoms with Gasteiger partial charge in [-0.1, -0.05) is 18.3 Å². The molecule has 0 aliphatic carbocycles. The van der Waals surface area contributed by atoms with Crippen LogP contribution in [-0.4, -0.2) is 48.5 Å². The highest BCUT2D eigenvalue weighted by Gasteiger charge is 2.27. The number of sulfonamides is 1. The monoisotopic (exact) mass is 307 g/mol. The topological polar surface area (TPSA) is 118 Å². The fraction of sp³-hybridized carbons (Fsp3) is 0.667. The van der Waals surface area contributed by atoms with Crippen molar-refractivity contribution in [3.05, 3.63) is 0 Å². The average Bonchev–Trinajstić information content (AvgIpc) is 2.77. The second-order valence-electron chi connectivity index (χ2n) is 3.75. The molecule has 1 amide bonds. The molecule has 1 heterocycles. The molecule has 1 aromatic rings. The van der Waals surface area contributed by atoms with Gasteiger partial charge in [0.25, 0.3) is 10.0 Å². The minimum Gasteiger partial charge on any atom is -0.329 e. The maximum absolute atomic E-state index is 12.3. The van der Waals surface area contributed by atoms with Gasteiger partial charge in [0.15, 0.2) is 0 Å². The average molecular weight is 307 g/mol. The molecule has 0 aromatic carbocycles. The molecular formula is C9H17N5O3S2. The molecule has 0 spiro atoms. The molecule has 1 aromatic heterocycles. The van der Waals surface area contributed by atoms with Crippen molar-refractivity contribution in [2.45, 2.75) is 24.6 Å². The van der Waals surface area contributed by atoms with Crippen LogP contribution in [0.4, 0.5) is 5.13 Å². The van der Waals surface area contributed by atoms with E-state index in [1.165, 1.54) is 11.2 Å². The van der Waals surface area contributed by atoms with E-state index in [0.29, 0.717) is 13.0 Å². The molecule has 0 aliphatic heterocycles.